The zero-order chi connectivity index (χ0) is 18.5. The Morgan fingerprint density at radius 3 is 2.58 bits per heavy atom. The molecule has 0 bridgehead atoms. The highest BCUT2D eigenvalue weighted by atomic mass is 16.5. The molecule has 1 aliphatic heterocycles. The Bertz CT molecular complexity index is 764. The number of benzene rings is 1. The number of hydrogen-bond donors (Lipinski definition) is 1. The highest BCUT2D eigenvalue weighted by Gasteiger charge is 2.40. The zero-order valence-electron chi connectivity index (χ0n) is 14.7. The molecule has 3 rings (SSSR count). The molecule has 0 spiro atoms. The molecule has 0 unspecified atom stereocenters. The number of aromatic nitrogens is 1. The molecule has 2 heterocycles. The molecular weight excluding hydrogens is 334 g/mol. The van der Waals surface area contributed by atoms with Gasteiger partial charge in [0.15, 0.2) is 0 Å². The molecule has 1 N–H and O–H groups in total. The van der Waals surface area contributed by atoms with Gasteiger partial charge in [-0.2, -0.15) is 0 Å². The molecule has 7 nitrogen and oxygen atoms in total. The Hall–Kier alpha value is -3.09. The van der Waals surface area contributed by atoms with E-state index in [-0.39, 0.29) is 17.9 Å². The van der Waals surface area contributed by atoms with Crippen LogP contribution in [0, 0.1) is 0 Å². The van der Waals surface area contributed by atoms with Gasteiger partial charge in [-0.05, 0) is 18.2 Å². The average molecular weight is 355 g/mol. The van der Waals surface area contributed by atoms with Crippen LogP contribution in [0.4, 0.5) is 0 Å². The maximum atomic E-state index is 12.9. The number of amides is 2. The van der Waals surface area contributed by atoms with Crippen LogP contribution in [0.3, 0.4) is 0 Å². The minimum absolute atomic E-state index is 0.209. The lowest BCUT2D eigenvalue weighted by Gasteiger charge is -2.22. The second kappa shape index (κ2) is 7.86. The van der Waals surface area contributed by atoms with Crippen molar-refractivity contribution in [3.8, 4) is 11.6 Å². The molecule has 1 fully saturated rings. The number of methoxy groups -OCH3 is 1. The van der Waals surface area contributed by atoms with Gasteiger partial charge in [0.2, 0.25) is 11.8 Å². The summed E-state index contributed by atoms with van der Waals surface area (Å²) in [6.07, 6.45) is 1.63. The summed E-state index contributed by atoms with van der Waals surface area (Å²) in [5.74, 6) is 0.677. The average Bonchev–Trinajstić information content (AvgIpc) is 3.11. The molecule has 2 aromatic rings. The van der Waals surface area contributed by atoms with E-state index in [0.717, 1.165) is 0 Å². The maximum Gasteiger partial charge on any atom is 0.256 e. The van der Waals surface area contributed by atoms with Crippen LogP contribution in [0.5, 0.6) is 11.6 Å². The summed E-state index contributed by atoms with van der Waals surface area (Å²) in [4.78, 5) is 30.7. The Labute approximate surface area is 151 Å². The van der Waals surface area contributed by atoms with Crippen molar-refractivity contribution < 1.29 is 19.1 Å². The third kappa shape index (κ3) is 3.77. The van der Waals surface area contributed by atoms with E-state index >= 15 is 0 Å². The number of ether oxygens (including phenoxy) is 2. The van der Waals surface area contributed by atoms with E-state index in [9.17, 15) is 9.59 Å². The maximum absolute atomic E-state index is 12.9. The van der Waals surface area contributed by atoms with Crippen molar-refractivity contribution in [3.63, 3.8) is 0 Å². The summed E-state index contributed by atoms with van der Waals surface area (Å²) in [7, 11) is 3.07. The lowest BCUT2D eigenvalue weighted by molar-refractivity contribution is -0.124. The highest BCUT2D eigenvalue weighted by Crippen LogP contribution is 2.25. The Kier molecular flexibility index (Phi) is 5.36. The third-order valence-corrected chi connectivity index (χ3v) is 4.31. The van der Waals surface area contributed by atoms with Crippen LogP contribution in [-0.4, -0.2) is 54.5 Å². The lowest BCUT2D eigenvalue weighted by Crippen LogP contribution is -2.45. The van der Waals surface area contributed by atoms with Crippen molar-refractivity contribution in [2.75, 3.05) is 20.7 Å². The van der Waals surface area contributed by atoms with E-state index in [2.05, 4.69) is 10.3 Å². The summed E-state index contributed by atoms with van der Waals surface area (Å²) < 4.78 is 11.0. The Balaban J connectivity index is 1.78. The first-order valence-corrected chi connectivity index (χ1v) is 8.36. The van der Waals surface area contributed by atoms with Crippen LogP contribution < -0.4 is 14.8 Å². The van der Waals surface area contributed by atoms with Crippen molar-refractivity contribution in [2.24, 2.45) is 0 Å². The van der Waals surface area contributed by atoms with Crippen LogP contribution in [0.1, 0.15) is 16.8 Å². The number of likely N-dealkylation sites (N-methyl/N-ethyl adjacent to an activating group) is 1. The number of hydrogen-bond acceptors (Lipinski definition) is 5. The fraction of sp³-hybridized carbons (Fsp3) is 0.316. The Morgan fingerprint density at radius 1 is 1.19 bits per heavy atom. The van der Waals surface area contributed by atoms with Crippen LogP contribution in [0.25, 0.3) is 0 Å². The number of nitrogens with zero attached hydrogens (tertiary/aromatic N) is 2. The van der Waals surface area contributed by atoms with Crippen molar-refractivity contribution in [3.05, 3.63) is 54.2 Å². The summed E-state index contributed by atoms with van der Waals surface area (Å²) in [5.41, 5.74) is 0.403. The molecule has 1 saturated heterocycles. The predicted octanol–water partition coefficient (Wildman–Crippen LogP) is 1.50. The second-order valence-electron chi connectivity index (χ2n) is 5.97. The number of para-hydroxylation sites is 1. The Morgan fingerprint density at radius 2 is 1.96 bits per heavy atom. The summed E-state index contributed by atoms with van der Waals surface area (Å²) >= 11 is 0. The standard InChI is InChI=1S/C19H21N3O4/c1-20-18(23)16-10-15(26-14-6-4-3-5-7-14)12-22(16)19(24)13-8-9-17(25-2)21-11-13/h3-9,11,15-16H,10,12H2,1-2H3,(H,20,23)/t15-,16-/m0/s1. The number of likely N-dealkylation sites (tertiary alicyclic amines) is 1. The van der Waals surface area contributed by atoms with Gasteiger partial charge in [0.1, 0.15) is 17.9 Å². The minimum Gasteiger partial charge on any atom is -0.488 e. The van der Waals surface area contributed by atoms with Crippen molar-refractivity contribution in [2.45, 2.75) is 18.6 Å². The van der Waals surface area contributed by atoms with Crippen molar-refractivity contribution in [1.82, 2.24) is 15.2 Å². The number of carbonyl (C=O) groups excluding carboxylic acids is 2. The van der Waals surface area contributed by atoms with Gasteiger partial charge in [-0.1, -0.05) is 18.2 Å². The van der Waals surface area contributed by atoms with Gasteiger partial charge in [0.25, 0.3) is 5.91 Å². The molecular formula is C19H21N3O4. The lowest BCUT2D eigenvalue weighted by atomic mass is 10.1. The normalized spacial score (nSPS) is 19.1. The number of pyridine rings is 1. The molecule has 0 aliphatic carbocycles. The van der Waals surface area contributed by atoms with Crippen LogP contribution >= 0.6 is 0 Å². The molecule has 2 atom stereocenters. The van der Waals surface area contributed by atoms with E-state index in [0.29, 0.717) is 30.2 Å². The third-order valence-electron chi connectivity index (χ3n) is 4.31. The van der Waals surface area contributed by atoms with Gasteiger partial charge in [0, 0.05) is 25.7 Å². The van der Waals surface area contributed by atoms with E-state index in [1.54, 1.807) is 19.2 Å². The fourth-order valence-corrected chi connectivity index (χ4v) is 3.01. The minimum atomic E-state index is -0.580. The topological polar surface area (TPSA) is 80.8 Å². The molecule has 7 heteroatoms. The fourth-order valence-electron chi connectivity index (χ4n) is 3.01. The second-order valence-corrected chi connectivity index (χ2v) is 5.97. The highest BCUT2D eigenvalue weighted by molar-refractivity contribution is 5.97. The SMILES string of the molecule is CNC(=O)[C@@H]1C[C@H](Oc2ccccc2)CN1C(=O)c1ccc(OC)nc1. The van der Waals surface area contributed by atoms with Gasteiger partial charge in [0.05, 0.1) is 19.2 Å². The van der Waals surface area contributed by atoms with Crippen molar-refractivity contribution in [1.29, 1.82) is 0 Å². The molecule has 26 heavy (non-hydrogen) atoms. The smallest absolute Gasteiger partial charge is 0.256 e. The van der Waals surface area contributed by atoms with Crippen LogP contribution in [0.15, 0.2) is 48.7 Å². The molecule has 2 amide bonds. The first kappa shape index (κ1) is 17.7. The monoisotopic (exact) mass is 355 g/mol. The molecule has 0 radical (unpaired) electrons. The number of nitrogens with one attached hydrogen (secondary N) is 1. The van der Waals surface area contributed by atoms with E-state index in [1.165, 1.54) is 18.2 Å². The first-order valence-electron chi connectivity index (χ1n) is 8.36. The molecule has 1 aliphatic rings. The van der Waals surface area contributed by atoms with Crippen LogP contribution in [0.2, 0.25) is 0 Å². The van der Waals surface area contributed by atoms with Gasteiger partial charge in [-0.3, -0.25) is 9.59 Å². The van der Waals surface area contributed by atoms with E-state index in [4.69, 9.17) is 9.47 Å². The largest absolute Gasteiger partial charge is 0.488 e. The van der Waals surface area contributed by atoms with Crippen molar-refractivity contribution >= 4 is 11.8 Å². The summed E-state index contributed by atoms with van der Waals surface area (Å²) in [6.45, 7) is 0.331. The molecule has 1 aromatic carbocycles. The van der Waals surface area contributed by atoms with Crippen LogP contribution in [-0.2, 0) is 4.79 Å². The zero-order valence-corrected chi connectivity index (χ0v) is 14.7. The molecule has 0 saturated carbocycles. The summed E-state index contributed by atoms with van der Waals surface area (Å²) in [5, 5.41) is 2.62. The first-order chi connectivity index (χ1) is 12.6. The predicted molar refractivity (Wildman–Crippen MR) is 95.2 cm³/mol. The molecule has 1 aromatic heterocycles. The van der Waals surface area contributed by atoms with E-state index in [1.807, 2.05) is 30.3 Å². The van der Waals surface area contributed by atoms with Gasteiger partial charge >= 0.3 is 0 Å². The number of rotatable bonds is 5. The van der Waals surface area contributed by atoms with E-state index < -0.39 is 6.04 Å². The number of carbonyl (C=O) groups is 2. The van der Waals surface area contributed by atoms with Gasteiger partial charge < -0.3 is 19.7 Å². The molecule has 136 valence electrons. The quantitative estimate of drug-likeness (QED) is 0.879. The summed E-state index contributed by atoms with van der Waals surface area (Å²) in [6, 6.07) is 12.1. The van der Waals surface area contributed by atoms with Gasteiger partial charge in [-0.15, -0.1) is 0 Å². The van der Waals surface area contributed by atoms with Gasteiger partial charge in [-0.25, -0.2) is 4.98 Å².